The van der Waals surface area contributed by atoms with Crippen molar-refractivity contribution < 1.29 is 4.79 Å². The normalized spacial score (nSPS) is 15.2. The predicted octanol–water partition coefficient (Wildman–Crippen LogP) is 5.76. The zero-order chi connectivity index (χ0) is 19.1. The Balaban J connectivity index is 1.58. The number of amides is 1. The number of para-hydroxylation sites is 2. The maximum atomic E-state index is 12.2. The largest absolute Gasteiger partial charge is 0.346 e. The summed E-state index contributed by atoms with van der Waals surface area (Å²) in [5.41, 5.74) is 2.21. The second-order valence-electron chi connectivity index (χ2n) is 8.09. The number of nitrogens with one attached hydrogen (secondary N) is 1. The summed E-state index contributed by atoms with van der Waals surface area (Å²) in [5.74, 6) is 1.42. The van der Waals surface area contributed by atoms with Crippen LogP contribution >= 0.6 is 0 Å². The molecule has 2 aromatic rings. The maximum Gasteiger partial charge on any atom is 0.223 e. The van der Waals surface area contributed by atoms with Gasteiger partial charge in [-0.25, -0.2) is 4.98 Å². The minimum absolute atomic E-state index is 0.0421. The summed E-state index contributed by atoms with van der Waals surface area (Å²) in [6.07, 6.45) is 12.6. The highest BCUT2D eigenvalue weighted by Crippen LogP contribution is 2.30. The van der Waals surface area contributed by atoms with Crippen LogP contribution in [0.1, 0.15) is 89.9 Å². The number of fused-ring (bicyclic) bond motifs is 1. The highest BCUT2D eigenvalue weighted by molar-refractivity contribution is 5.81. The van der Waals surface area contributed by atoms with Crippen LogP contribution in [-0.4, -0.2) is 15.5 Å². The Hall–Kier alpha value is -1.84. The average molecular weight is 370 g/mol. The van der Waals surface area contributed by atoms with Crippen molar-refractivity contribution in [2.24, 2.45) is 5.92 Å². The maximum absolute atomic E-state index is 12.2. The lowest BCUT2D eigenvalue weighted by atomic mass is 10.1. The SMILES string of the molecule is CCCCCCCCCCn1c(C(C)NC(=O)C2CC2)nc2ccccc21. The van der Waals surface area contributed by atoms with E-state index in [9.17, 15) is 4.79 Å². The third-order valence-corrected chi connectivity index (χ3v) is 5.61. The van der Waals surface area contributed by atoms with Crippen molar-refractivity contribution in [3.8, 4) is 0 Å². The number of aromatic nitrogens is 2. The smallest absolute Gasteiger partial charge is 0.223 e. The van der Waals surface area contributed by atoms with Crippen molar-refractivity contribution in [3.63, 3.8) is 0 Å². The number of hydrogen-bond acceptors (Lipinski definition) is 2. The van der Waals surface area contributed by atoms with E-state index in [1.54, 1.807) is 0 Å². The topological polar surface area (TPSA) is 46.9 Å². The minimum Gasteiger partial charge on any atom is -0.346 e. The van der Waals surface area contributed by atoms with E-state index in [1.807, 2.05) is 6.07 Å². The zero-order valence-corrected chi connectivity index (χ0v) is 17.0. The van der Waals surface area contributed by atoms with Gasteiger partial charge in [0.2, 0.25) is 5.91 Å². The Labute approximate surface area is 163 Å². The molecule has 0 radical (unpaired) electrons. The van der Waals surface area contributed by atoms with Crippen molar-refractivity contribution in [2.75, 3.05) is 0 Å². The standard InChI is InChI=1S/C23H35N3O/c1-3-4-5-6-7-8-9-12-17-26-21-14-11-10-13-20(21)25-22(26)18(2)24-23(27)19-15-16-19/h10-11,13-14,18-19H,3-9,12,15-17H2,1-2H3,(H,24,27). The number of carbonyl (C=O) groups is 1. The molecule has 0 saturated heterocycles. The highest BCUT2D eigenvalue weighted by Gasteiger charge is 2.31. The molecule has 1 saturated carbocycles. The number of imidazole rings is 1. The molecule has 1 unspecified atom stereocenters. The Morgan fingerprint density at radius 3 is 2.48 bits per heavy atom. The second-order valence-corrected chi connectivity index (χ2v) is 8.09. The van der Waals surface area contributed by atoms with Crippen LogP contribution in [0.4, 0.5) is 0 Å². The van der Waals surface area contributed by atoms with Crippen LogP contribution in [0.5, 0.6) is 0 Å². The van der Waals surface area contributed by atoms with Gasteiger partial charge in [-0.1, -0.05) is 64.0 Å². The fraction of sp³-hybridized carbons (Fsp3) is 0.652. The lowest BCUT2D eigenvalue weighted by Crippen LogP contribution is -2.29. The summed E-state index contributed by atoms with van der Waals surface area (Å²) >= 11 is 0. The highest BCUT2D eigenvalue weighted by atomic mass is 16.2. The number of unbranched alkanes of at least 4 members (excludes halogenated alkanes) is 7. The molecule has 1 aliphatic rings. The first-order valence-corrected chi connectivity index (χ1v) is 11.0. The van der Waals surface area contributed by atoms with E-state index in [4.69, 9.17) is 4.98 Å². The lowest BCUT2D eigenvalue weighted by Gasteiger charge is -2.16. The third kappa shape index (κ3) is 5.57. The van der Waals surface area contributed by atoms with Gasteiger partial charge in [0, 0.05) is 12.5 Å². The Morgan fingerprint density at radius 2 is 1.78 bits per heavy atom. The first kappa shape index (κ1) is 19.9. The Morgan fingerprint density at radius 1 is 1.11 bits per heavy atom. The van der Waals surface area contributed by atoms with Crippen LogP contribution < -0.4 is 5.32 Å². The first-order valence-electron chi connectivity index (χ1n) is 11.0. The van der Waals surface area contributed by atoms with Crippen LogP contribution in [0.25, 0.3) is 11.0 Å². The molecule has 1 N–H and O–H groups in total. The van der Waals surface area contributed by atoms with Gasteiger partial charge in [0.1, 0.15) is 5.82 Å². The van der Waals surface area contributed by atoms with Crippen LogP contribution in [-0.2, 0) is 11.3 Å². The Bertz CT molecular complexity index is 732. The monoisotopic (exact) mass is 369 g/mol. The van der Waals surface area contributed by atoms with Crippen LogP contribution in [0, 0.1) is 5.92 Å². The van der Waals surface area contributed by atoms with Crippen molar-refractivity contribution in [1.29, 1.82) is 0 Å². The molecule has 1 aliphatic carbocycles. The van der Waals surface area contributed by atoms with Crippen molar-refractivity contribution in [2.45, 2.75) is 90.6 Å². The van der Waals surface area contributed by atoms with Crippen LogP contribution in [0.15, 0.2) is 24.3 Å². The van der Waals surface area contributed by atoms with E-state index >= 15 is 0 Å². The molecule has 1 aromatic heterocycles. The number of aryl methyl sites for hydroxylation is 1. The molecular weight excluding hydrogens is 334 g/mol. The lowest BCUT2D eigenvalue weighted by molar-refractivity contribution is -0.123. The van der Waals surface area contributed by atoms with Crippen molar-refractivity contribution >= 4 is 16.9 Å². The van der Waals surface area contributed by atoms with Gasteiger partial charge in [0.15, 0.2) is 0 Å². The van der Waals surface area contributed by atoms with E-state index in [0.717, 1.165) is 30.7 Å². The van der Waals surface area contributed by atoms with Gasteiger partial charge in [-0.05, 0) is 38.3 Å². The minimum atomic E-state index is -0.0421. The van der Waals surface area contributed by atoms with Gasteiger partial charge < -0.3 is 9.88 Å². The molecule has 1 aromatic carbocycles. The van der Waals surface area contributed by atoms with Crippen LogP contribution in [0.2, 0.25) is 0 Å². The molecule has 1 fully saturated rings. The van der Waals surface area contributed by atoms with Gasteiger partial charge >= 0.3 is 0 Å². The predicted molar refractivity (Wildman–Crippen MR) is 112 cm³/mol. The molecule has 0 spiro atoms. The molecule has 0 aliphatic heterocycles. The van der Waals surface area contributed by atoms with Gasteiger partial charge in [-0.3, -0.25) is 4.79 Å². The van der Waals surface area contributed by atoms with Gasteiger partial charge in [-0.15, -0.1) is 0 Å². The van der Waals surface area contributed by atoms with Crippen molar-refractivity contribution in [1.82, 2.24) is 14.9 Å². The molecule has 1 atom stereocenters. The molecule has 148 valence electrons. The van der Waals surface area contributed by atoms with Gasteiger partial charge in [-0.2, -0.15) is 0 Å². The number of benzene rings is 1. The molecular formula is C23H35N3O. The average Bonchev–Trinajstić information content (AvgIpc) is 3.46. The second kappa shape index (κ2) is 9.91. The van der Waals surface area contributed by atoms with E-state index in [1.165, 1.54) is 56.9 Å². The van der Waals surface area contributed by atoms with Crippen molar-refractivity contribution in [3.05, 3.63) is 30.1 Å². The summed E-state index contributed by atoms with van der Waals surface area (Å²) in [5, 5.41) is 3.17. The molecule has 1 heterocycles. The summed E-state index contributed by atoms with van der Waals surface area (Å²) in [6.45, 7) is 5.31. The summed E-state index contributed by atoms with van der Waals surface area (Å²) in [6, 6.07) is 8.28. The number of hydrogen-bond donors (Lipinski definition) is 1. The third-order valence-electron chi connectivity index (χ3n) is 5.61. The Kier molecular flexibility index (Phi) is 7.31. The molecule has 4 heteroatoms. The molecule has 1 amide bonds. The van der Waals surface area contributed by atoms with Gasteiger partial charge in [0.05, 0.1) is 17.1 Å². The fourth-order valence-electron chi connectivity index (χ4n) is 3.80. The quantitative estimate of drug-likeness (QED) is 0.483. The fourth-order valence-corrected chi connectivity index (χ4v) is 3.80. The first-order chi connectivity index (χ1) is 13.2. The zero-order valence-electron chi connectivity index (χ0n) is 17.0. The number of carbonyl (C=O) groups excluding carboxylic acids is 1. The molecule has 4 nitrogen and oxygen atoms in total. The van der Waals surface area contributed by atoms with E-state index < -0.39 is 0 Å². The molecule has 27 heavy (non-hydrogen) atoms. The van der Waals surface area contributed by atoms with E-state index in [0.29, 0.717) is 0 Å². The number of rotatable bonds is 12. The van der Waals surface area contributed by atoms with E-state index in [2.05, 4.69) is 41.9 Å². The van der Waals surface area contributed by atoms with E-state index in [-0.39, 0.29) is 17.9 Å². The molecule has 3 rings (SSSR count). The van der Waals surface area contributed by atoms with Gasteiger partial charge in [0.25, 0.3) is 0 Å². The van der Waals surface area contributed by atoms with Crippen LogP contribution in [0.3, 0.4) is 0 Å². The number of nitrogens with zero attached hydrogens (tertiary/aromatic N) is 2. The summed E-state index contributed by atoms with van der Waals surface area (Å²) in [4.78, 5) is 17.0. The summed E-state index contributed by atoms with van der Waals surface area (Å²) in [7, 11) is 0. The molecule has 0 bridgehead atoms. The summed E-state index contributed by atoms with van der Waals surface area (Å²) < 4.78 is 2.32.